The third-order valence-electron chi connectivity index (χ3n) is 3.77. The molecular weight excluding hydrogens is 260 g/mol. The summed E-state index contributed by atoms with van der Waals surface area (Å²) < 4.78 is 5.03. The van der Waals surface area contributed by atoms with Gasteiger partial charge >= 0.3 is 0 Å². The van der Waals surface area contributed by atoms with Gasteiger partial charge in [0.1, 0.15) is 6.23 Å². The third kappa shape index (κ3) is 1.80. The van der Waals surface area contributed by atoms with E-state index < -0.39 is 6.23 Å². The second-order valence-corrected chi connectivity index (χ2v) is 5.11. The highest BCUT2D eigenvalue weighted by Crippen LogP contribution is 2.37. The molecule has 1 saturated heterocycles. The third-order valence-corrected chi connectivity index (χ3v) is 3.77. The van der Waals surface area contributed by atoms with E-state index in [1.54, 1.807) is 4.90 Å². The van der Waals surface area contributed by atoms with Crippen LogP contribution in [0.5, 0.6) is 11.5 Å². The lowest BCUT2D eigenvalue weighted by Gasteiger charge is -2.24. The Balaban J connectivity index is 2.10. The number of hydrogen-bond donors (Lipinski definition) is 3. The molecule has 2 atom stereocenters. The first-order valence-electron chi connectivity index (χ1n) is 6.34. The Morgan fingerprint density at radius 1 is 1.50 bits per heavy atom. The van der Waals surface area contributed by atoms with Crippen LogP contribution in [0.2, 0.25) is 0 Å². The normalized spacial score (nSPS) is 24.8. The van der Waals surface area contributed by atoms with Gasteiger partial charge in [-0.25, -0.2) is 0 Å². The maximum atomic E-state index is 12.6. The number of anilines is 1. The number of nitrogens with zero attached hydrogens (tertiary/aromatic N) is 1. The number of phenolic OH excluding ortho intramolecular Hbond substituents is 1. The number of phenols is 1. The first kappa shape index (κ1) is 12.8. The van der Waals surface area contributed by atoms with Crippen molar-refractivity contribution in [1.29, 1.82) is 0 Å². The number of hydrogen-bond acceptors (Lipinski definition) is 5. The standard InChI is InChI=1S/C14H16N2O4/c1-7-3-10-13(18)15-9-5-11(17)12(20-2)4-8(9)14(19)16(10)6-7/h4-5,10,13,15,17-18H,1,3,6H2,2H3/t10-,13?/m0/s1. The number of ether oxygens (including phenoxy) is 1. The molecule has 0 aromatic heterocycles. The lowest BCUT2D eigenvalue weighted by Crippen LogP contribution is -2.43. The summed E-state index contributed by atoms with van der Waals surface area (Å²) in [5, 5.41) is 22.9. The quantitative estimate of drug-likeness (QED) is 0.664. The number of aromatic hydroxyl groups is 1. The van der Waals surface area contributed by atoms with Crippen LogP contribution in [0.25, 0.3) is 0 Å². The molecule has 6 heteroatoms. The second-order valence-electron chi connectivity index (χ2n) is 5.11. The van der Waals surface area contributed by atoms with Crippen LogP contribution in [-0.2, 0) is 0 Å². The maximum absolute atomic E-state index is 12.6. The molecule has 1 aromatic carbocycles. The number of fused-ring (bicyclic) bond motifs is 2. The van der Waals surface area contributed by atoms with Crippen LogP contribution in [0.15, 0.2) is 24.3 Å². The van der Waals surface area contributed by atoms with Gasteiger partial charge in [-0.2, -0.15) is 0 Å². The van der Waals surface area contributed by atoms with Crippen molar-refractivity contribution in [3.63, 3.8) is 0 Å². The first-order chi connectivity index (χ1) is 9.51. The lowest BCUT2D eigenvalue weighted by molar-refractivity contribution is 0.0582. The van der Waals surface area contributed by atoms with E-state index in [1.165, 1.54) is 19.2 Å². The molecule has 0 radical (unpaired) electrons. The van der Waals surface area contributed by atoms with Gasteiger partial charge in [-0.05, 0) is 12.5 Å². The molecule has 0 spiro atoms. The van der Waals surface area contributed by atoms with Crippen molar-refractivity contribution in [2.45, 2.75) is 18.7 Å². The highest BCUT2D eigenvalue weighted by atomic mass is 16.5. The van der Waals surface area contributed by atoms with E-state index in [4.69, 9.17) is 4.74 Å². The molecule has 20 heavy (non-hydrogen) atoms. The van der Waals surface area contributed by atoms with Crippen LogP contribution in [0.1, 0.15) is 16.8 Å². The van der Waals surface area contributed by atoms with Gasteiger partial charge in [-0.1, -0.05) is 12.2 Å². The summed E-state index contributed by atoms with van der Waals surface area (Å²) in [4.78, 5) is 14.2. The van der Waals surface area contributed by atoms with Gasteiger partial charge in [-0.3, -0.25) is 4.79 Å². The van der Waals surface area contributed by atoms with E-state index in [2.05, 4.69) is 11.9 Å². The molecular formula is C14H16N2O4. The topological polar surface area (TPSA) is 82.0 Å². The molecule has 3 rings (SSSR count). The number of nitrogens with one attached hydrogen (secondary N) is 1. The van der Waals surface area contributed by atoms with Crippen molar-refractivity contribution < 1.29 is 19.7 Å². The molecule has 0 aliphatic carbocycles. The lowest BCUT2D eigenvalue weighted by atomic mass is 10.1. The predicted octanol–water partition coefficient (Wildman–Crippen LogP) is 0.915. The predicted molar refractivity (Wildman–Crippen MR) is 72.9 cm³/mol. The molecule has 1 aromatic rings. The van der Waals surface area contributed by atoms with Crippen LogP contribution in [0.4, 0.5) is 5.69 Å². The Labute approximate surface area is 116 Å². The van der Waals surface area contributed by atoms with E-state index in [-0.39, 0.29) is 23.4 Å². The average Bonchev–Trinajstić information content (AvgIpc) is 2.77. The summed E-state index contributed by atoms with van der Waals surface area (Å²) in [5.74, 6) is -0.0546. The van der Waals surface area contributed by atoms with Gasteiger partial charge in [0.15, 0.2) is 11.5 Å². The number of carbonyl (C=O) groups excluding carboxylic acids is 1. The van der Waals surface area contributed by atoms with Gasteiger partial charge in [-0.15, -0.1) is 0 Å². The van der Waals surface area contributed by atoms with Crippen molar-refractivity contribution in [2.24, 2.45) is 0 Å². The molecule has 0 saturated carbocycles. The monoisotopic (exact) mass is 276 g/mol. The second kappa shape index (κ2) is 4.42. The van der Waals surface area contributed by atoms with Crippen LogP contribution >= 0.6 is 0 Å². The minimum absolute atomic E-state index is 0.0785. The fourth-order valence-corrected chi connectivity index (χ4v) is 2.77. The zero-order chi connectivity index (χ0) is 14.4. The summed E-state index contributed by atoms with van der Waals surface area (Å²) in [6.07, 6.45) is -0.330. The molecule has 106 valence electrons. The van der Waals surface area contributed by atoms with Crippen molar-refractivity contribution in [3.8, 4) is 11.5 Å². The summed E-state index contributed by atoms with van der Waals surface area (Å²) in [5.41, 5.74) is 1.69. The largest absolute Gasteiger partial charge is 0.504 e. The van der Waals surface area contributed by atoms with Crippen LogP contribution in [0.3, 0.4) is 0 Å². The van der Waals surface area contributed by atoms with Crippen molar-refractivity contribution in [1.82, 2.24) is 4.90 Å². The number of benzene rings is 1. The van der Waals surface area contributed by atoms with E-state index in [9.17, 15) is 15.0 Å². The maximum Gasteiger partial charge on any atom is 0.256 e. The van der Waals surface area contributed by atoms with Crippen molar-refractivity contribution in [2.75, 3.05) is 19.0 Å². The minimum Gasteiger partial charge on any atom is -0.504 e. The molecule has 1 fully saturated rings. The summed E-state index contributed by atoms with van der Waals surface area (Å²) in [6.45, 7) is 4.32. The summed E-state index contributed by atoms with van der Waals surface area (Å²) in [6, 6.07) is 2.54. The number of aliphatic hydroxyl groups excluding tert-OH is 1. The molecule has 0 bridgehead atoms. The van der Waals surface area contributed by atoms with E-state index in [1.807, 2.05) is 0 Å². The van der Waals surface area contributed by atoms with E-state index >= 15 is 0 Å². The number of amides is 1. The number of methoxy groups -OCH3 is 1. The molecule has 1 amide bonds. The van der Waals surface area contributed by atoms with Gasteiger partial charge in [0.25, 0.3) is 5.91 Å². The van der Waals surface area contributed by atoms with Crippen LogP contribution in [0, 0.1) is 0 Å². The zero-order valence-corrected chi connectivity index (χ0v) is 11.1. The molecule has 2 aliphatic rings. The summed E-state index contributed by atoms with van der Waals surface area (Å²) in [7, 11) is 1.42. The fourth-order valence-electron chi connectivity index (χ4n) is 2.77. The number of rotatable bonds is 1. The van der Waals surface area contributed by atoms with Gasteiger partial charge in [0.05, 0.1) is 24.4 Å². The highest BCUT2D eigenvalue weighted by Gasteiger charge is 2.40. The number of aliphatic hydroxyl groups is 1. The minimum atomic E-state index is -0.896. The zero-order valence-electron chi connectivity index (χ0n) is 11.1. The smallest absolute Gasteiger partial charge is 0.256 e. The van der Waals surface area contributed by atoms with Crippen molar-refractivity contribution >= 4 is 11.6 Å². The first-order valence-corrected chi connectivity index (χ1v) is 6.34. The van der Waals surface area contributed by atoms with Gasteiger partial charge in [0.2, 0.25) is 0 Å². The summed E-state index contributed by atoms with van der Waals surface area (Å²) >= 11 is 0. The van der Waals surface area contributed by atoms with Gasteiger partial charge in [0, 0.05) is 12.6 Å². The molecule has 2 aliphatic heterocycles. The molecule has 2 heterocycles. The van der Waals surface area contributed by atoms with Gasteiger partial charge < -0.3 is 25.2 Å². The van der Waals surface area contributed by atoms with Crippen molar-refractivity contribution in [3.05, 3.63) is 29.8 Å². The Hall–Kier alpha value is -2.21. The highest BCUT2D eigenvalue weighted by molar-refractivity contribution is 6.01. The Morgan fingerprint density at radius 2 is 2.25 bits per heavy atom. The Bertz CT molecular complexity index is 599. The van der Waals surface area contributed by atoms with E-state index in [0.29, 0.717) is 24.2 Å². The van der Waals surface area contributed by atoms with E-state index in [0.717, 1.165) is 5.57 Å². The van der Waals surface area contributed by atoms with Crippen LogP contribution < -0.4 is 10.1 Å². The fraction of sp³-hybridized carbons (Fsp3) is 0.357. The molecule has 6 nitrogen and oxygen atoms in total. The SMILES string of the molecule is C=C1C[C@H]2C(O)Nc3cc(O)c(OC)cc3C(=O)N2C1. The van der Waals surface area contributed by atoms with Crippen LogP contribution in [-0.4, -0.2) is 46.9 Å². The number of carbonyl (C=O) groups is 1. The Morgan fingerprint density at radius 3 is 2.95 bits per heavy atom. The Kier molecular flexibility index (Phi) is 2.83. The molecule has 1 unspecified atom stereocenters. The average molecular weight is 276 g/mol. The molecule has 3 N–H and O–H groups in total.